The molecule has 0 radical (unpaired) electrons. The standard InChI is InChI=1S/C7H12N2O.ClH/c8-6-4-2-1-3-5(4)9-7(6)10;/h4-6H,1-3,8H2,(H,9,10);1H/t4-,5+,6-;/m0./s1. The number of nitrogens with one attached hydrogen (secondary N) is 1. The van der Waals surface area contributed by atoms with E-state index in [1.54, 1.807) is 0 Å². The molecule has 2 aliphatic rings. The lowest BCUT2D eigenvalue weighted by Crippen LogP contribution is -2.33. The van der Waals surface area contributed by atoms with Crippen LogP contribution in [0.1, 0.15) is 19.3 Å². The summed E-state index contributed by atoms with van der Waals surface area (Å²) >= 11 is 0. The van der Waals surface area contributed by atoms with Gasteiger partial charge < -0.3 is 11.1 Å². The van der Waals surface area contributed by atoms with Gasteiger partial charge in [0.1, 0.15) is 0 Å². The van der Waals surface area contributed by atoms with E-state index in [1.807, 2.05) is 0 Å². The van der Waals surface area contributed by atoms with Crippen LogP contribution >= 0.6 is 12.4 Å². The minimum Gasteiger partial charge on any atom is -0.352 e. The van der Waals surface area contributed by atoms with Gasteiger partial charge in [-0.25, -0.2) is 0 Å². The molecular formula is C7H13ClN2O. The average Bonchev–Trinajstić information content (AvgIpc) is 2.41. The number of halogens is 1. The van der Waals surface area contributed by atoms with E-state index in [0.29, 0.717) is 12.0 Å². The number of carbonyl (C=O) groups is 1. The molecule has 0 bridgehead atoms. The van der Waals surface area contributed by atoms with Gasteiger partial charge in [-0.15, -0.1) is 12.4 Å². The quantitative estimate of drug-likeness (QED) is 0.548. The van der Waals surface area contributed by atoms with Crippen molar-refractivity contribution in [1.29, 1.82) is 0 Å². The zero-order valence-electron chi connectivity index (χ0n) is 6.25. The molecule has 1 amide bonds. The minimum atomic E-state index is -0.215. The normalized spacial score (nSPS) is 41.2. The number of hydrogen-bond donors (Lipinski definition) is 2. The largest absolute Gasteiger partial charge is 0.352 e. The highest BCUT2D eigenvalue weighted by Crippen LogP contribution is 2.31. The van der Waals surface area contributed by atoms with Gasteiger partial charge in [0, 0.05) is 12.0 Å². The van der Waals surface area contributed by atoms with Gasteiger partial charge in [0.25, 0.3) is 0 Å². The lowest BCUT2D eigenvalue weighted by atomic mass is 10.0. The van der Waals surface area contributed by atoms with Crippen LogP contribution < -0.4 is 11.1 Å². The number of nitrogens with two attached hydrogens (primary N) is 1. The third-order valence-corrected chi connectivity index (χ3v) is 2.66. The maximum absolute atomic E-state index is 11.0. The fourth-order valence-electron chi connectivity index (χ4n) is 2.07. The highest BCUT2D eigenvalue weighted by Gasteiger charge is 2.42. The predicted molar refractivity (Wildman–Crippen MR) is 44.5 cm³/mol. The van der Waals surface area contributed by atoms with Crippen molar-refractivity contribution in [1.82, 2.24) is 5.32 Å². The maximum Gasteiger partial charge on any atom is 0.237 e. The van der Waals surface area contributed by atoms with Gasteiger partial charge in [-0.3, -0.25) is 4.79 Å². The van der Waals surface area contributed by atoms with Gasteiger partial charge in [-0.05, 0) is 12.8 Å². The van der Waals surface area contributed by atoms with Crippen LogP contribution in [-0.4, -0.2) is 18.0 Å². The summed E-state index contributed by atoms with van der Waals surface area (Å²) < 4.78 is 0. The molecule has 1 saturated heterocycles. The van der Waals surface area contributed by atoms with Crippen molar-refractivity contribution in [2.75, 3.05) is 0 Å². The highest BCUT2D eigenvalue weighted by atomic mass is 35.5. The van der Waals surface area contributed by atoms with E-state index in [-0.39, 0.29) is 24.4 Å². The first kappa shape index (κ1) is 8.81. The van der Waals surface area contributed by atoms with Crippen LogP contribution in [0.15, 0.2) is 0 Å². The molecule has 1 heterocycles. The molecule has 11 heavy (non-hydrogen) atoms. The summed E-state index contributed by atoms with van der Waals surface area (Å²) in [6.07, 6.45) is 3.48. The lowest BCUT2D eigenvalue weighted by Gasteiger charge is -2.08. The topological polar surface area (TPSA) is 55.1 Å². The number of carbonyl (C=O) groups excluding carboxylic acids is 1. The molecule has 64 valence electrons. The highest BCUT2D eigenvalue weighted by molar-refractivity contribution is 5.85. The second-order valence-electron chi connectivity index (χ2n) is 3.24. The third-order valence-electron chi connectivity index (χ3n) is 2.66. The molecule has 0 unspecified atom stereocenters. The van der Waals surface area contributed by atoms with E-state index in [2.05, 4.69) is 5.32 Å². The summed E-state index contributed by atoms with van der Waals surface area (Å²) in [7, 11) is 0. The molecule has 2 rings (SSSR count). The number of fused-ring (bicyclic) bond motifs is 1. The zero-order valence-corrected chi connectivity index (χ0v) is 7.06. The van der Waals surface area contributed by atoms with Gasteiger partial charge in [-0.2, -0.15) is 0 Å². The summed E-state index contributed by atoms with van der Waals surface area (Å²) in [4.78, 5) is 11.0. The van der Waals surface area contributed by atoms with Crippen LogP contribution in [0.2, 0.25) is 0 Å². The van der Waals surface area contributed by atoms with Gasteiger partial charge in [0.05, 0.1) is 6.04 Å². The van der Waals surface area contributed by atoms with Crippen LogP contribution in [0.3, 0.4) is 0 Å². The Bertz CT molecular complexity index is 174. The molecule has 1 aliphatic carbocycles. The Balaban J connectivity index is 0.000000605. The lowest BCUT2D eigenvalue weighted by molar-refractivity contribution is -0.120. The smallest absolute Gasteiger partial charge is 0.237 e. The van der Waals surface area contributed by atoms with Gasteiger partial charge in [-0.1, -0.05) is 6.42 Å². The molecule has 0 aromatic carbocycles. The summed E-state index contributed by atoms with van der Waals surface area (Å²) in [5.74, 6) is 0.488. The predicted octanol–water partition coefficient (Wildman–Crippen LogP) is 0.0340. The Labute approximate surface area is 72.1 Å². The van der Waals surface area contributed by atoms with Crippen LogP contribution in [-0.2, 0) is 4.79 Å². The number of amides is 1. The van der Waals surface area contributed by atoms with E-state index in [4.69, 9.17) is 5.73 Å². The first-order valence-electron chi connectivity index (χ1n) is 3.85. The fraction of sp³-hybridized carbons (Fsp3) is 0.857. The zero-order chi connectivity index (χ0) is 7.14. The van der Waals surface area contributed by atoms with Crippen molar-refractivity contribution in [3.63, 3.8) is 0 Å². The Hall–Kier alpha value is -0.280. The molecule has 2 fully saturated rings. The first-order valence-corrected chi connectivity index (χ1v) is 3.85. The van der Waals surface area contributed by atoms with Crippen LogP contribution in [0.5, 0.6) is 0 Å². The summed E-state index contributed by atoms with van der Waals surface area (Å²) in [6, 6.07) is 0.190. The molecule has 3 nitrogen and oxygen atoms in total. The summed E-state index contributed by atoms with van der Waals surface area (Å²) in [5.41, 5.74) is 5.65. The number of rotatable bonds is 0. The van der Waals surface area contributed by atoms with E-state index < -0.39 is 0 Å². The second kappa shape index (κ2) is 2.99. The van der Waals surface area contributed by atoms with Crippen molar-refractivity contribution in [2.24, 2.45) is 11.7 Å². The first-order chi connectivity index (χ1) is 4.79. The van der Waals surface area contributed by atoms with E-state index in [9.17, 15) is 4.79 Å². The van der Waals surface area contributed by atoms with Crippen LogP contribution in [0.25, 0.3) is 0 Å². The average molecular weight is 177 g/mol. The van der Waals surface area contributed by atoms with Crippen LogP contribution in [0, 0.1) is 5.92 Å². The van der Waals surface area contributed by atoms with E-state index in [0.717, 1.165) is 12.8 Å². The molecule has 4 heteroatoms. The Morgan fingerprint density at radius 3 is 2.82 bits per heavy atom. The number of hydrogen-bond acceptors (Lipinski definition) is 2. The molecule has 3 atom stereocenters. The summed E-state index contributed by atoms with van der Waals surface area (Å²) in [6.45, 7) is 0. The van der Waals surface area contributed by atoms with Gasteiger partial charge >= 0.3 is 0 Å². The van der Waals surface area contributed by atoms with E-state index in [1.165, 1.54) is 6.42 Å². The monoisotopic (exact) mass is 176 g/mol. The van der Waals surface area contributed by atoms with Crippen molar-refractivity contribution >= 4 is 18.3 Å². The van der Waals surface area contributed by atoms with Gasteiger partial charge in [0.2, 0.25) is 5.91 Å². The molecule has 0 aromatic rings. The molecule has 1 aliphatic heterocycles. The molecular weight excluding hydrogens is 164 g/mol. The van der Waals surface area contributed by atoms with Crippen molar-refractivity contribution in [2.45, 2.75) is 31.3 Å². The van der Waals surface area contributed by atoms with Crippen molar-refractivity contribution in [3.05, 3.63) is 0 Å². The minimum absolute atomic E-state index is 0. The third kappa shape index (κ3) is 1.23. The Kier molecular flexibility index (Phi) is 2.40. The molecule has 0 spiro atoms. The van der Waals surface area contributed by atoms with Crippen molar-refractivity contribution < 1.29 is 4.79 Å². The SMILES string of the molecule is Cl.N[C@@H]1C(=O)N[C@@H]2CCC[C@H]12. The molecule has 3 N–H and O–H groups in total. The molecule has 0 aromatic heterocycles. The Morgan fingerprint density at radius 2 is 2.18 bits per heavy atom. The summed E-state index contributed by atoms with van der Waals surface area (Å²) in [5, 5.41) is 2.90. The Morgan fingerprint density at radius 1 is 1.45 bits per heavy atom. The van der Waals surface area contributed by atoms with Gasteiger partial charge in [0.15, 0.2) is 0 Å². The van der Waals surface area contributed by atoms with Crippen molar-refractivity contribution in [3.8, 4) is 0 Å². The van der Waals surface area contributed by atoms with Crippen LogP contribution in [0.4, 0.5) is 0 Å². The maximum atomic E-state index is 11.0. The van der Waals surface area contributed by atoms with E-state index >= 15 is 0 Å². The fourth-order valence-corrected chi connectivity index (χ4v) is 2.07. The molecule has 1 saturated carbocycles. The second-order valence-corrected chi connectivity index (χ2v) is 3.24.